The molecule has 0 atom stereocenters. The molecule has 166 valence electrons. The van der Waals surface area contributed by atoms with Crippen molar-refractivity contribution in [3.63, 3.8) is 0 Å². The number of carbonyl (C=O) groups is 1. The first-order valence-electron chi connectivity index (χ1n) is 9.22. The minimum absolute atomic E-state index is 0.189. The first-order valence-corrected chi connectivity index (χ1v) is 9.22. The highest BCUT2D eigenvalue weighted by Gasteiger charge is 2.34. The molecule has 2 amide bonds. The number of amides is 2. The highest BCUT2D eigenvalue weighted by Crippen LogP contribution is 2.38. The first-order chi connectivity index (χ1) is 15.7. The number of halogens is 4. The maximum atomic E-state index is 13.4. The van der Waals surface area contributed by atoms with Crippen LogP contribution in [0.1, 0.15) is 5.56 Å². The molecule has 0 unspecified atom stereocenters. The number of nitrogen functional groups attached to an aromatic ring is 1. The molecule has 2 heterocycles. The summed E-state index contributed by atoms with van der Waals surface area (Å²) in [5, 5.41) is 8.75. The van der Waals surface area contributed by atoms with Crippen LogP contribution in [0.15, 0.2) is 55.0 Å². The zero-order valence-corrected chi connectivity index (χ0v) is 16.5. The molecule has 4 aromatic rings. The molecule has 0 radical (unpaired) electrons. The number of hydrogen-bond donors (Lipinski definition) is 3. The Morgan fingerprint density at radius 1 is 1.09 bits per heavy atom. The van der Waals surface area contributed by atoms with E-state index in [0.29, 0.717) is 40.2 Å². The van der Waals surface area contributed by atoms with E-state index in [1.807, 2.05) is 0 Å². The largest absolute Gasteiger partial charge is 0.419 e. The van der Waals surface area contributed by atoms with Gasteiger partial charge in [-0.15, -0.1) is 0 Å². The van der Waals surface area contributed by atoms with Gasteiger partial charge in [-0.2, -0.15) is 18.3 Å². The third kappa shape index (κ3) is 4.24. The Bertz CT molecular complexity index is 1410. The molecule has 4 rings (SSSR count). The van der Waals surface area contributed by atoms with E-state index in [4.69, 9.17) is 12.3 Å². The summed E-state index contributed by atoms with van der Waals surface area (Å²) in [5.74, 6) is -1.25. The van der Waals surface area contributed by atoms with Crippen LogP contribution >= 0.6 is 0 Å². The molecule has 0 bridgehead atoms. The van der Waals surface area contributed by atoms with E-state index in [1.165, 1.54) is 29.2 Å². The van der Waals surface area contributed by atoms with Crippen LogP contribution in [-0.2, 0) is 6.18 Å². The molecule has 0 aliphatic rings. The van der Waals surface area contributed by atoms with Crippen molar-refractivity contribution in [2.45, 2.75) is 6.18 Å². The van der Waals surface area contributed by atoms with Crippen LogP contribution in [-0.4, -0.2) is 20.6 Å². The molecule has 0 saturated carbocycles. The molecular weight excluding hydrogens is 442 g/mol. The van der Waals surface area contributed by atoms with Crippen molar-refractivity contribution in [2.24, 2.45) is 0 Å². The maximum Gasteiger partial charge on any atom is 0.419 e. The number of hydrogen-bond acceptors (Lipinski definition) is 4. The van der Waals surface area contributed by atoms with Crippen LogP contribution in [0.4, 0.5) is 45.2 Å². The van der Waals surface area contributed by atoms with Gasteiger partial charge in [-0.25, -0.2) is 23.5 Å². The fourth-order valence-electron chi connectivity index (χ4n) is 3.23. The summed E-state index contributed by atoms with van der Waals surface area (Å²) in [6, 6.07) is 7.67. The molecule has 2 aromatic carbocycles. The number of fused-ring (bicyclic) bond motifs is 1. The van der Waals surface area contributed by atoms with Gasteiger partial charge < -0.3 is 16.4 Å². The quantitative estimate of drug-likeness (QED) is 0.287. The molecule has 33 heavy (non-hydrogen) atoms. The van der Waals surface area contributed by atoms with E-state index < -0.39 is 23.6 Å². The monoisotopic (exact) mass is 455 g/mol. The van der Waals surface area contributed by atoms with Crippen molar-refractivity contribution in [1.29, 1.82) is 0 Å². The fraction of sp³-hybridized carbons (Fsp3) is 0.0476. The summed E-state index contributed by atoms with van der Waals surface area (Å²) >= 11 is 0. The van der Waals surface area contributed by atoms with Gasteiger partial charge in [-0.1, -0.05) is 12.1 Å². The van der Waals surface area contributed by atoms with Crippen molar-refractivity contribution in [1.82, 2.24) is 14.6 Å². The number of aromatic nitrogens is 3. The standard InChI is InChI=1S/C21H13F4N7O/c1-27-16-9-32-18(19(26)28-10-29-32)17(16)11-2-4-12(5-3-11)30-20(33)31-13-6-7-15(22)14(8-13)21(23,24)25/h2-10H,(H2,26,28,29)(H2,30,31,33). The van der Waals surface area contributed by atoms with Crippen molar-refractivity contribution in [3.05, 3.63) is 77.8 Å². The lowest BCUT2D eigenvalue weighted by molar-refractivity contribution is -0.139. The van der Waals surface area contributed by atoms with Gasteiger partial charge in [0, 0.05) is 23.1 Å². The number of nitrogens with one attached hydrogen (secondary N) is 2. The minimum atomic E-state index is -4.89. The molecule has 0 spiro atoms. The van der Waals surface area contributed by atoms with Gasteiger partial charge in [0.25, 0.3) is 0 Å². The third-order valence-corrected chi connectivity index (χ3v) is 4.66. The first kappa shape index (κ1) is 21.6. The highest BCUT2D eigenvalue weighted by atomic mass is 19.4. The third-order valence-electron chi connectivity index (χ3n) is 4.66. The molecular formula is C21H13F4N7O. The Balaban J connectivity index is 1.54. The average Bonchev–Trinajstić information content (AvgIpc) is 3.15. The summed E-state index contributed by atoms with van der Waals surface area (Å²) in [6.45, 7) is 7.41. The molecule has 4 N–H and O–H groups in total. The summed E-state index contributed by atoms with van der Waals surface area (Å²) in [4.78, 5) is 19.6. The Morgan fingerprint density at radius 2 is 1.76 bits per heavy atom. The van der Waals surface area contributed by atoms with Crippen molar-refractivity contribution >= 4 is 34.4 Å². The minimum Gasteiger partial charge on any atom is -0.382 e. The van der Waals surface area contributed by atoms with Crippen LogP contribution in [0.2, 0.25) is 0 Å². The Labute approximate surface area is 183 Å². The van der Waals surface area contributed by atoms with Crippen LogP contribution in [0.25, 0.3) is 21.5 Å². The number of nitrogens with zero attached hydrogens (tertiary/aromatic N) is 4. The number of carbonyl (C=O) groups excluding carboxylic acids is 1. The number of anilines is 3. The van der Waals surface area contributed by atoms with E-state index >= 15 is 0 Å². The number of rotatable bonds is 3. The molecule has 8 nitrogen and oxygen atoms in total. The summed E-state index contributed by atoms with van der Waals surface area (Å²) < 4.78 is 53.4. The van der Waals surface area contributed by atoms with E-state index in [1.54, 1.807) is 12.1 Å². The van der Waals surface area contributed by atoms with Crippen LogP contribution in [0, 0.1) is 12.4 Å². The second-order valence-corrected chi connectivity index (χ2v) is 6.79. The number of benzene rings is 2. The molecule has 0 fully saturated rings. The van der Waals surface area contributed by atoms with E-state index in [9.17, 15) is 22.4 Å². The lowest BCUT2D eigenvalue weighted by Crippen LogP contribution is -2.20. The zero-order valence-electron chi connectivity index (χ0n) is 16.5. The maximum absolute atomic E-state index is 13.4. The van der Waals surface area contributed by atoms with Crippen LogP contribution in [0.3, 0.4) is 0 Å². The lowest BCUT2D eigenvalue weighted by Gasteiger charge is -2.12. The smallest absolute Gasteiger partial charge is 0.382 e. The lowest BCUT2D eigenvalue weighted by atomic mass is 10.1. The molecule has 12 heteroatoms. The van der Waals surface area contributed by atoms with Crippen molar-refractivity contribution in [2.75, 3.05) is 16.4 Å². The van der Waals surface area contributed by atoms with Crippen molar-refractivity contribution < 1.29 is 22.4 Å². The van der Waals surface area contributed by atoms with E-state index in [0.717, 1.165) is 6.07 Å². The average molecular weight is 455 g/mol. The predicted octanol–water partition coefficient (Wildman–Crippen LogP) is 5.33. The van der Waals surface area contributed by atoms with Crippen molar-refractivity contribution in [3.8, 4) is 11.1 Å². The number of urea groups is 1. The number of alkyl halides is 3. The van der Waals surface area contributed by atoms with Gasteiger partial charge in [0.05, 0.1) is 12.1 Å². The summed E-state index contributed by atoms with van der Waals surface area (Å²) in [5.41, 5.74) is 6.45. The molecule has 0 aliphatic carbocycles. The van der Waals surface area contributed by atoms with Gasteiger partial charge in [0.1, 0.15) is 17.7 Å². The molecule has 0 saturated heterocycles. The predicted molar refractivity (Wildman–Crippen MR) is 113 cm³/mol. The topological polar surface area (TPSA) is 102 Å². The second-order valence-electron chi connectivity index (χ2n) is 6.79. The Morgan fingerprint density at radius 3 is 2.42 bits per heavy atom. The Kier molecular flexibility index (Phi) is 5.31. The van der Waals surface area contributed by atoms with Gasteiger partial charge >= 0.3 is 12.2 Å². The summed E-state index contributed by atoms with van der Waals surface area (Å²) in [6.07, 6.45) is -2.10. The Hall–Kier alpha value is -4.66. The molecule has 0 aliphatic heterocycles. The zero-order chi connectivity index (χ0) is 23.8. The van der Waals surface area contributed by atoms with E-state index in [-0.39, 0.29) is 11.5 Å². The number of nitrogens with two attached hydrogens (primary N) is 1. The van der Waals surface area contributed by atoms with Gasteiger partial charge in [-0.05, 0) is 35.9 Å². The van der Waals surface area contributed by atoms with Crippen LogP contribution in [0.5, 0.6) is 0 Å². The van der Waals surface area contributed by atoms with Gasteiger partial charge in [0.15, 0.2) is 5.82 Å². The normalized spacial score (nSPS) is 11.2. The SMILES string of the molecule is [C-]#[N+]c1cn2ncnc(N)c2c1-c1ccc(NC(=O)Nc2ccc(F)c(C(F)(F)F)c2)cc1. The highest BCUT2D eigenvalue weighted by molar-refractivity contribution is 6.00. The molecule has 2 aromatic heterocycles. The fourth-order valence-corrected chi connectivity index (χ4v) is 3.23. The van der Waals surface area contributed by atoms with Crippen LogP contribution < -0.4 is 16.4 Å². The van der Waals surface area contributed by atoms with E-state index in [2.05, 4.69) is 25.6 Å². The van der Waals surface area contributed by atoms with Gasteiger partial charge in [0.2, 0.25) is 5.69 Å². The second kappa shape index (κ2) is 8.12. The van der Waals surface area contributed by atoms with Gasteiger partial charge in [-0.3, -0.25) is 0 Å². The summed E-state index contributed by atoms with van der Waals surface area (Å²) in [7, 11) is 0.